The van der Waals surface area contributed by atoms with E-state index >= 15 is 0 Å². The number of aryl methyl sites for hydroxylation is 1. The summed E-state index contributed by atoms with van der Waals surface area (Å²) in [5.41, 5.74) is 3.98. The predicted molar refractivity (Wildman–Crippen MR) is 109 cm³/mol. The molecule has 142 valence electrons. The van der Waals surface area contributed by atoms with Gasteiger partial charge in [0, 0.05) is 35.9 Å². The molecule has 0 unspecified atom stereocenters. The Kier molecular flexibility index (Phi) is 4.85. The molecular formula is C22H21N3O3. The Balaban J connectivity index is 1.56. The standard InChI is InChI=1S/C22H21N3O3/c1-3-25(18-6-4-5-15(2)11-18)22(26)19-12-17(9-10-23-19)24-16-7-8-20-21(13-16)28-14-27-20/h4-13H,3,14H2,1-2H3,(H,23,24). The molecule has 1 amide bonds. The van der Waals surface area contributed by atoms with Gasteiger partial charge in [0.2, 0.25) is 6.79 Å². The third-order valence-electron chi connectivity index (χ3n) is 4.52. The Morgan fingerprint density at radius 2 is 1.89 bits per heavy atom. The van der Waals surface area contributed by atoms with Crippen LogP contribution in [-0.4, -0.2) is 24.2 Å². The van der Waals surface area contributed by atoms with Gasteiger partial charge in [-0.2, -0.15) is 0 Å². The molecule has 0 aliphatic carbocycles. The highest BCUT2D eigenvalue weighted by molar-refractivity contribution is 6.05. The first-order chi connectivity index (χ1) is 13.6. The SMILES string of the molecule is CCN(C(=O)c1cc(Nc2ccc3c(c2)OCO3)ccn1)c1cccc(C)c1. The van der Waals surface area contributed by atoms with Gasteiger partial charge in [0.05, 0.1) is 0 Å². The number of hydrogen-bond donors (Lipinski definition) is 1. The maximum Gasteiger partial charge on any atom is 0.276 e. The molecule has 6 heteroatoms. The summed E-state index contributed by atoms with van der Waals surface area (Å²) in [7, 11) is 0. The van der Waals surface area contributed by atoms with E-state index in [0.29, 0.717) is 18.0 Å². The van der Waals surface area contributed by atoms with Crippen LogP contribution >= 0.6 is 0 Å². The molecule has 0 radical (unpaired) electrons. The van der Waals surface area contributed by atoms with Crippen molar-refractivity contribution in [3.8, 4) is 11.5 Å². The molecule has 0 spiro atoms. The normalized spacial score (nSPS) is 11.9. The highest BCUT2D eigenvalue weighted by Crippen LogP contribution is 2.35. The molecule has 1 aliphatic heterocycles. The zero-order chi connectivity index (χ0) is 19.5. The van der Waals surface area contributed by atoms with E-state index in [1.165, 1.54) is 0 Å². The predicted octanol–water partition coefficient (Wildman–Crippen LogP) is 4.53. The van der Waals surface area contributed by atoms with Crippen LogP contribution in [0.5, 0.6) is 11.5 Å². The van der Waals surface area contributed by atoms with Crippen LogP contribution in [0, 0.1) is 6.92 Å². The van der Waals surface area contributed by atoms with Gasteiger partial charge in [-0.15, -0.1) is 0 Å². The number of hydrogen-bond acceptors (Lipinski definition) is 5. The number of anilines is 3. The molecule has 2 heterocycles. The summed E-state index contributed by atoms with van der Waals surface area (Å²) in [4.78, 5) is 19.0. The fourth-order valence-electron chi connectivity index (χ4n) is 3.14. The van der Waals surface area contributed by atoms with Gasteiger partial charge in [0.15, 0.2) is 11.5 Å². The first kappa shape index (κ1) is 17.9. The molecule has 1 N–H and O–H groups in total. The van der Waals surface area contributed by atoms with E-state index in [2.05, 4.69) is 10.3 Å². The molecule has 0 bridgehead atoms. The van der Waals surface area contributed by atoms with E-state index < -0.39 is 0 Å². The number of nitrogens with one attached hydrogen (secondary N) is 1. The number of fused-ring (bicyclic) bond motifs is 1. The summed E-state index contributed by atoms with van der Waals surface area (Å²) >= 11 is 0. The zero-order valence-corrected chi connectivity index (χ0v) is 15.8. The van der Waals surface area contributed by atoms with E-state index in [0.717, 1.165) is 28.4 Å². The molecule has 6 nitrogen and oxygen atoms in total. The fourth-order valence-corrected chi connectivity index (χ4v) is 3.14. The lowest BCUT2D eigenvalue weighted by atomic mass is 10.2. The number of benzene rings is 2. The molecule has 0 saturated heterocycles. The van der Waals surface area contributed by atoms with Crippen molar-refractivity contribution >= 4 is 23.0 Å². The maximum absolute atomic E-state index is 13.0. The summed E-state index contributed by atoms with van der Waals surface area (Å²) < 4.78 is 10.7. The molecule has 1 aromatic heterocycles. The average Bonchev–Trinajstić information content (AvgIpc) is 3.17. The van der Waals surface area contributed by atoms with Gasteiger partial charge in [0.25, 0.3) is 5.91 Å². The van der Waals surface area contributed by atoms with Gasteiger partial charge in [-0.05, 0) is 55.8 Å². The van der Waals surface area contributed by atoms with Crippen molar-refractivity contribution < 1.29 is 14.3 Å². The molecule has 0 atom stereocenters. The number of rotatable bonds is 5. The number of ether oxygens (including phenoxy) is 2. The lowest BCUT2D eigenvalue weighted by Gasteiger charge is -2.21. The summed E-state index contributed by atoms with van der Waals surface area (Å²) in [5.74, 6) is 1.29. The highest BCUT2D eigenvalue weighted by Gasteiger charge is 2.18. The van der Waals surface area contributed by atoms with Crippen LogP contribution in [0.15, 0.2) is 60.8 Å². The van der Waals surface area contributed by atoms with Crippen LogP contribution in [0.1, 0.15) is 23.0 Å². The second kappa shape index (κ2) is 7.60. The third-order valence-corrected chi connectivity index (χ3v) is 4.52. The quantitative estimate of drug-likeness (QED) is 0.710. The molecule has 4 rings (SSSR count). The van der Waals surface area contributed by atoms with Crippen molar-refractivity contribution in [2.24, 2.45) is 0 Å². The molecular weight excluding hydrogens is 354 g/mol. The number of amides is 1. The molecule has 3 aromatic rings. The van der Waals surface area contributed by atoms with Crippen molar-refractivity contribution in [2.45, 2.75) is 13.8 Å². The lowest BCUT2D eigenvalue weighted by molar-refractivity contribution is 0.0983. The number of aromatic nitrogens is 1. The number of carbonyl (C=O) groups excluding carboxylic acids is 1. The largest absolute Gasteiger partial charge is 0.454 e. The Morgan fingerprint density at radius 3 is 2.71 bits per heavy atom. The average molecular weight is 375 g/mol. The Labute approximate surface area is 163 Å². The van der Waals surface area contributed by atoms with Crippen molar-refractivity contribution in [3.05, 3.63) is 72.1 Å². The highest BCUT2D eigenvalue weighted by atomic mass is 16.7. The van der Waals surface area contributed by atoms with E-state index in [1.807, 2.05) is 62.4 Å². The first-order valence-electron chi connectivity index (χ1n) is 9.15. The van der Waals surface area contributed by atoms with Gasteiger partial charge in [-0.25, -0.2) is 0 Å². The second-order valence-electron chi connectivity index (χ2n) is 6.51. The zero-order valence-electron chi connectivity index (χ0n) is 15.8. The van der Waals surface area contributed by atoms with Gasteiger partial charge >= 0.3 is 0 Å². The molecule has 0 saturated carbocycles. The van der Waals surface area contributed by atoms with Crippen molar-refractivity contribution in [2.75, 3.05) is 23.6 Å². The number of pyridine rings is 1. The van der Waals surface area contributed by atoms with Gasteiger partial charge in [0.1, 0.15) is 5.69 Å². The maximum atomic E-state index is 13.0. The number of carbonyl (C=O) groups is 1. The third kappa shape index (κ3) is 3.62. The summed E-state index contributed by atoms with van der Waals surface area (Å²) in [6, 6.07) is 17.1. The second-order valence-corrected chi connectivity index (χ2v) is 6.51. The van der Waals surface area contributed by atoms with E-state index in [4.69, 9.17) is 9.47 Å². The summed E-state index contributed by atoms with van der Waals surface area (Å²) in [6.45, 7) is 4.76. The van der Waals surface area contributed by atoms with Crippen LogP contribution in [-0.2, 0) is 0 Å². The lowest BCUT2D eigenvalue weighted by Crippen LogP contribution is -2.31. The van der Waals surface area contributed by atoms with Crippen LogP contribution in [0.25, 0.3) is 0 Å². The number of nitrogens with zero attached hydrogens (tertiary/aromatic N) is 2. The Bertz CT molecular complexity index is 1020. The van der Waals surface area contributed by atoms with Crippen molar-refractivity contribution in [1.29, 1.82) is 0 Å². The molecule has 0 fully saturated rings. The topological polar surface area (TPSA) is 63.7 Å². The smallest absolute Gasteiger partial charge is 0.276 e. The fraction of sp³-hybridized carbons (Fsp3) is 0.182. The van der Waals surface area contributed by atoms with Crippen LogP contribution in [0.2, 0.25) is 0 Å². The van der Waals surface area contributed by atoms with E-state index in [1.54, 1.807) is 17.2 Å². The molecule has 2 aromatic carbocycles. The summed E-state index contributed by atoms with van der Waals surface area (Å²) in [5, 5.41) is 3.29. The molecule has 28 heavy (non-hydrogen) atoms. The van der Waals surface area contributed by atoms with Gasteiger partial charge in [-0.1, -0.05) is 12.1 Å². The monoisotopic (exact) mass is 375 g/mol. The van der Waals surface area contributed by atoms with Crippen LogP contribution in [0.4, 0.5) is 17.1 Å². The van der Waals surface area contributed by atoms with Crippen LogP contribution in [0.3, 0.4) is 0 Å². The Hall–Kier alpha value is -3.54. The van der Waals surface area contributed by atoms with Gasteiger partial charge < -0.3 is 19.7 Å². The summed E-state index contributed by atoms with van der Waals surface area (Å²) in [6.07, 6.45) is 1.63. The molecule has 1 aliphatic rings. The minimum atomic E-state index is -0.137. The Morgan fingerprint density at radius 1 is 1.07 bits per heavy atom. The minimum Gasteiger partial charge on any atom is -0.454 e. The van der Waals surface area contributed by atoms with Crippen molar-refractivity contribution in [3.63, 3.8) is 0 Å². The van der Waals surface area contributed by atoms with Crippen LogP contribution < -0.4 is 19.7 Å². The van der Waals surface area contributed by atoms with Crippen molar-refractivity contribution in [1.82, 2.24) is 4.98 Å². The van der Waals surface area contributed by atoms with E-state index in [-0.39, 0.29) is 12.7 Å². The van der Waals surface area contributed by atoms with E-state index in [9.17, 15) is 4.79 Å². The van der Waals surface area contributed by atoms with Gasteiger partial charge in [-0.3, -0.25) is 9.78 Å². The first-order valence-corrected chi connectivity index (χ1v) is 9.15. The minimum absolute atomic E-state index is 0.137.